The molecule has 1 aromatic carbocycles. The lowest BCUT2D eigenvalue weighted by atomic mass is 9.82. The molecule has 1 aliphatic rings. The van der Waals surface area contributed by atoms with Gasteiger partial charge < -0.3 is 10.0 Å². The lowest BCUT2D eigenvalue weighted by Gasteiger charge is -2.33. The lowest BCUT2D eigenvalue weighted by molar-refractivity contribution is -0.137. The van der Waals surface area contributed by atoms with Crippen molar-refractivity contribution in [3.8, 4) is 0 Å². The van der Waals surface area contributed by atoms with Crippen molar-refractivity contribution in [2.75, 3.05) is 19.6 Å². The average Bonchev–Trinajstić information content (AvgIpc) is 2.68. The summed E-state index contributed by atoms with van der Waals surface area (Å²) >= 11 is 6.07. The van der Waals surface area contributed by atoms with Crippen LogP contribution in [0.4, 0.5) is 0 Å². The zero-order chi connectivity index (χ0) is 19.1. The molecule has 0 bridgehead atoms. The van der Waals surface area contributed by atoms with Crippen molar-refractivity contribution in [2.45, 2.75) is 38.0 Å². The maximum absolute atomic E-state index is 10.7. The molecule has 5 heteroatoms. The van der Waals surface area contributed by atoms with E-state index in [1.807, 2.05) is 24.4 Å². The molecule has 1 N–H and O–H groups in total. The maximum Gasteiger partial charge on any atom is 0.303 e. The molecule has 0 radical (unpaired) electrons. The topological polar surface area (TPSA) is 53.4 Å². The number of piperidine rings is 1. The summed E-state index contributed by atoms with van der Waals surface area (Å²) < 4.78 is 0. The second-order valence-electron chi connectivity index (χ2n) is 7.38. The van der Waals surface area contributed by atoms with Gasteiger partial charge in [-0.3, -0.25) is 9.78 Å². The zero-order valence-corrected chi connectivity index (χ0v) is 16.3. The number of nitrogens with zero attached hydrogens (tertiary/aromatic N) is 2. The highest BCUT2D eigenvalue weighted by Gasteiger charge is 2.25. The molecule has 0 aliphatic carbocycles. The minimum Gasteiger partial charge on any atom is -0.481 e. The Labute approximate surface area is 166 Å². The summed E-state index contributed by atoms with van der Waals surface area (Å²) in [6, 6.07) is 14.3. The molecule has 144 valence electrons. The molecule has 0 amide bonds. The zero-order valence-electron chi connectivity index (χ0n) is 15.6. The van der Waals surface area contributed by atoms with E-state index in [1.54, 1.807) is 0 Å². The molecule has 0 saturated carbocycles. The minimum atomic E-state index is -0.703. The average molecular weight is 387 g/mol. The number of likely N-dealkylation sites (tertiary alicyclic amines) is 1. The highest BCUT2D eigenvalue weighted by Crippen LogP contribution is 2.34. The summed E-state index contributed by atoms with van der Waals surface area (Å²) in [4.78, 5) is 17.7. The van der Waals surface area contributed by atoms with Gasteiger partial charge in [0.25, 0.3) is 0 Å². The smallest absolute Gasteiger partial charge is 0.303 e. The second kappa shape index (κ2) is 9.86. The van der Waals surface area contributed by atoms with E-state index in [0.29, 0.717) is 5.92 Å². The van der Waals surface area contributed by atoms with Gasteiger partial charge in [-0.05, 0) is 81.1 Å². The molecule has 0 unspecified atom stereocenters. The Hall–Kier alpha value is -1.91. The van der Waals surface area contributed by atoms with Crippen molar-refractivity contribution >= 4 is 17.6 Å². The Morgan fingerprint density at radius 2 is 1.93 bits per heavy atom. The summed E-state index contributed by atoms with van der Waals surface area (Å²) in [6.45, 7) is 3.00. The van der Waals surface area contributed by atoms with Gasteiger partial charge in [0.05, 0.1) is 0 Å². The van der Waals surface area contributed by atoms with Crippen LogP contribution in [0, 0.1) is 5.92 Å². The van der Waals surface area contributed by atoms with Crippen molar-refractivity contribution in [1.82, 2.24) is 9.88 Å². The van der Waals surface area contributed by atoms with E-state index in [1.165, 1.54) is 5.56 Å². The number of carbonyl (C=O) groups is 1. The molecule has 1 fully saturated rings. The van der Waals surface area contributed by atoms with Crippen LogP contribution in [0.1, 0.15) is 49.3 Å². The van der Waals surface area contributed by atoms with Crippen LogP contribution in [0.25, 0.3) is 0 Å². The van der Waals surface area contributed by atoms with Gasteiger partial charge in [0.2, 0.25) is 0 Å². The normalized spacial score (nSPS) is 16.9. The number of carboxylic acid groups (broad SMARTS) is 1. The number of rotatable bonds is 8. The van der Waals surface area contributed by atoms with Crippen molar-refractivity contribution in [2.24, 2.45) is 5.92 Å². The standard InChI is InChI=1S/C22H27ClN2O2/c23-19-8-6-18(7-9-19)20(21-4-1-2-12-24-21)16-17-10-14-25(15-11-17)13-3-5-22(26)27/h1-2,4,6-9,12,17,20H,3,5,10-11,13-16H2,(H,26,27)/t20-/m0/s1. The Morgan fingerprint density at radius 1 is 1.19 bits per heavy atom. The molecule has 1 atom stereocenters. The molecule has 1 aromatic heterocycles. The molecular formula is C22H27ClN2O2. The number of pyridine rings is 1. The summed E-state index contributed by atoms with van der Waals surface area (Å²) in [7, 11) is 0. The first-order chi connectivity index (χ1) is 13.1. The predicted octanol–water partition coefficient (Wildman–Crippen LogP) is 4.83. The number of carboxylic acids is 1. The highest BCUT2D eigenvalue weighted by molar-refractivity contribution is 6.30. The van der Waals surface area contributed by atoms with Crippen LogP contribution in [0.5, 0.6) is 0 Å². The molecule has 4 nitrogen and oxygen atoms in total. The molecular weight excluding hydrogens is 360 g/mol. The predicted molar refractivity (Wildman–Crippen MR) is 108 cm³/mol. The van der Waals surface area contributed by atoms with Crippen molar-refractivity contribution in [1.29, 1.82) is 0 Å². The van der Waals surface area contributed by atoms with Crippen molar-refractivity contribution in [3.05, 3.63) is 64.9 Å². The van der Waals surface area contributed by atoms with Crippen LogP contribution in [0.2, 0.25) is 5.02 Å². The maximum atomic E-state index is 10.7. The van der Waals surface area contributed by atoms with Gasteiger partial charge in [-0.25, -0.2) is 0 Å². The van der Waals surface area contributed by atoms with E-state index >= 15 is 0 Å². The minimum absolute atomic E-state index is 0.262. The third-order valence-corrected chi connectivity index (χ3v) is 5.71. The number of aliphatic carboxylic acids is 1. The van der Waals surface area contributed by atoms with Gasteiger partial charge in [-0.1, -0.05) is 29.8 Å². The number of aromatic nitrogens is 1. The van der Waals surface area contributed by atoms with Gasteiger partial charge in [-0.15, -0.1) is 0 Å². The number of hydrogen-bond acceptors (Lipinski definition) is 3. The first-order valence-electron chi connectivity index (χ1n) is 9.72. The number of halogens is 1. The Kier molecular flexibility index (Phi) is 7.25. The van der Waals surface area contributed by atoms with Gasteiger partial charge in [0, 0.05) is 29.3 Å². The summed E-state index contributed by atoms with van der Waals surface area (Å²) in [6.07, 6.45) is 6.26. The van der Waals surface area contributed by atoms with E-state index in [-0.39, 0.29) is 12.3 Å². The van der Waals surface area contributed by atoms with E-state index < -0.39 is 5.97 Å². The number of hydrogen-bond donors (Lipinski definition) is 1. The third kappa shape index (κ3) is 6.05. The van der Waals surface area contributed by atoms with Crippen LogP contribution in [-0.2, 0) is 4.79 Å². The molecule has 1 aliphatic heterocycles. The highest BCUT2D eigenvalue weighted by atomic mass is 35.5. The van der Waals surface area contributed by atoms with Gasteiger partial charge in [0.15, 0.2) is 0 Å². The monoisotopic (exact) mass is 386 g/mol. The second-order valence-corrected chi connectivity index (χ2v) is 7.81. The van der Waals surface area contributed by atoms with Gasteiger partial charge in [0.1, 0.15) is 0 Å². The fourth-order valence-corrected chi connectivity index (χ4v) is 4.06. The van der Waals surface area contributed by atoms with Gasteiger partial charge >= 0.3 is 5.97 Å². The largest absolute Gasteiger partial charge is 0.481 e. The van der Waals surface area contributed by atoms with Crippen LogP contribution < -0.4 is 0 Å². The first-order valence-corrected chi connectivity index (χ1v) is 10.1. The van der Waals surface area contributed by atoms with Crippen LogP contribution in [-0.4, -0.2) is 40.6 Å². The molecule has 1 saturated heterocycles. The molecule has 2 aromatic rings. The first kappa shape index (κ1) is 19.8. The van der Waals surface area contributed by atoms with Crippen LogP contribution >= 0.6 is 11.6 Å². The van der Waals surface area contributed by atoms with Crippen molar-refractivity contribution < 1.29 is 9.90 Å². The van der Waals surface area contributed by atoms with E-state index in [0.717, 1.165) is 56.0 Å². The summed E-state index contributed by atoms with van der Waals surface area (Å²) in [5, 5.41) is 9.54. The van der Waals surface area contributed by atoms with E-state index in [2.05, 4.69) is 34.1 Å². The van der Waals surface area contributed by atoms with Crippen LogP contribution in [0.3, 0.4) is 0 Å². The van der Waals surface area contributed by atoms with Gasteiger partial charge in [-0.2, -0.15) is 0 Å². The molecule has 27 heavy (non-hydrogen) atoms. The van der Waals surface area contributed by atoms with Crippen LogP contribution in [0.15, 0.2) is 48.7 Å². The fourth-order valence-electron chi connectivity index (χ4n) is 3.94. The lowest BCUT2D eigenvalue weighted by Crippen LogP contribution is -2.35. The van der Waals surface area contributed by atoms with E-state index in [9.17, 15) is 4.79 Å². The quantitative estimate of drug-likeness (QED) is 0.705. The molecule has 3 rings (SSSR count). The SMILES string of the molecule is O=C(O)CCCN1CCC(C[C@@H](c2ccc(Cl)cc2)c2ccccn2)CC1. The third-order valence-electron chi connectivity index (χ3n) is 5.46. The summed E-state index contributed by atoms with van der Waals surface area (Å²) in [5.74, 6) is 0.237. The summed E-state index contributed by atoms with van der Waals surface area (Å²) in [5.41, 5.74) is 2.38. The Balaban J connectivity index is 1.60. The number of benzene rings is 1. The van der Waals surface area contributed by atoms with Crippen molar-refractivity contribution in [3.63, 3.8) is 0 Å². The molecule has 0 spiro atoms. The fraction of sp³-hybridized carbons (Fsp3) is 0.455. The molecule has 2 heterocycles. The van der Waals surface area contributed by atoms with E-state index in [4.69, 9.17) is 16.7 Å². The Morgan fingerprint density at radius 3 is 2.56 bits per heavy atom. The Bertz CT molecular complexity index is 713.